The second kappa shape index (κ2) is 10.4. The molecule has 0 aliphatic carbocycles. The summed E-state index contributed by atoms with van der Waals surface area (Å²) < 4.78 is 69.9. The summed E-state index contributed by atoms with van der Waals surface area (Å²) in [5.74, 6) is -4.77. The van der Waals surface area contributed by atoms with E-state index >= 15 is 4.39 Å². The van der Waals surface area contributed by atoms with Crippen LogP contribution in [-0.4, -0.2) is 0 Å². The predicted molar refractivity (Wildman–Crippen MR) is 126 cm³/mol. The van der Waals surface area contributed by atoms with Crippen molar-refractivity contribution in [2.75, 3.05) is 0 Å². The van der Waals surface area contributed by atoms with Crippen LogP contribution in [0, 0.1) is 29.1 Å². The molecule has 0 N–H and O–H groups in total. The monoisotopic (exact) mass is 468 g/mol. The minimum Gasteiger partial charge on any atom is -0.206 e. The van der Waals surface area contributed by atoms with Gasteiger partial charge in [-0.3, -0.25) is 0 Å². The Kier molecular flexibility index (Phi) is 7.30. The van der Waals surface area contributed by atoms with Crippen molar-refractivity contribution in [2.45, 2.75) is 45.4 Å². The summed E-state index contributed by atoms with van der Waals surface area (Å²) in [7, 11) is 0. The van der Waals surface area contributed by atoms with Crippen molar-refractivity contribution in [3.8, 4) is 11.1 Å². The Morgan fingerprint density at radius 3 is 2.03 bits per heavy atom. The van der Waals surface area contributed by atoms with Gasteiger partial charge in [-0.1, -0.05) is 56.2 Å². The van der Waals surface area contributed by atoms with Crippen molar-refractivity contribution in [1.82, 2.24) is 0 Å². The molecule has 0 bridgehead atoms. The van der Waals surface area contributed by atoms with Crippen LogP contribution in [0.3, 0.4) is 0 Å². The smallest absolute Gasteiger partial charge is 0.194 e. The lowest BCUT2D eigenvalue weighted by molar-refractivity contribution is 0.445. The summed E-state index contributed by atoms with van der Waals surface area (Å²) in [5.41, 5.74) is 2.72. The molecule has 0 spiro atoms. The number of fused-ring (bicyclic) bond motifs is 1. The van der Waals surface area contributed by atoms with Gasteiger partial charge < -0.3 is 0 Å². The summed E-state index contributed by atoms with van der Waals surface area (Å²) in [5, 5.41) is 1.01. The van der Waals surface area contributed by atoms with Gasteiger partial charge >= 0.3 is 0 Å². The predicted octanol–water partition coefficient (Wildman–Crippen LogP) is 8.72. The Bertz CT molecular complexity index is 1300. The minimum atomic E-state index is -1.51. The van der Waals surface area contributed by atoms with Gasteiger partial charge in [-0.05, 0) is 77.6 Å². The van der Waals surface area contributed by atoms with Crippen LogP contribution < -0.4 is 0 Å². The number of benzene rings is 4. The summed E-state index contributed by atoms with van der Waals surface area (Å²) >= 11 is 0. The number of aryl methyl sites for hydroxylation is 3. The molecule has 176 valence electrons. The maximum Gasteiger partial charge on any atom is 0.194 e. The quantitative estimate of drug-likeness (QED) is 0.138. The molecule has 0 fully saturated rings. The van der Waals surface area contributed by atoms with Crippen molar-refractivity contribution in [3.63, 3.8) is 0 Å². The van der Waals surface area contributed by atoms with Gasteiger partial charge in [0.25, 0.3) is 0 Å². The third-order valence-electron chi connectivity index (χ3n) is 6.17. The van der Waals surface area contributed by atoms with Gasteiger partial charge in [-0.2, -0.15) is 0 Å². The molecule has 0 atom stereocenters. The van der Waals surface area contributed by atoms with Gasteiger partial charge in [0.05, 0.1) is 0 Å². The Hall–Kier alpha value is -3.21. The van der Waals surface area contributed by atoms with Gasteiger partial charge in [0.2, 0.25) is 0 Å². The number of hydrogen-bond acceptors (Lipinski definition) is 0. The lowest BCUT2D eigenvalue weighted by Gasteiger charge is -2.11. The third kappa shape index (κ3) is 5.14. The maximum absolute atomic E-state index is 15.1. The number of rotatable bonds is 8. The molecule has 0 aromatic heterocycles. The van der Waals surface area contributed by atoms with Gasteiger partial charge in [-0.15, -0.1) is 0 Å². The molecule has 0 aliphatic heterocycles. The molecule has 0 saturated carbocycles. The van der Waals surface area contributed by atoms with Crippen LogP contribution in [0.2, 0.25) is 0 Å². The van der Waals surface area contributed by atoms with E-state index in [-0.39, 0.29) is 24.2 Å². The molecule has 0 amide bonds. The van der Waals surface area contributed by atoms with Crippen LogP contribution in [0.1, 0.15) is 42.9 Å². The number of unbranched alkanes of at least 4 members (excludes halogenated alkanes) is 2. The van der Waals surface area contributed by atoms with Gasteiger partial charge in [0.15, 0.2) is 17.5 Å². The Balaban J connectivity index is 1.55. The van der Waals surface area contributed by atoms with Crippen LogP contribution in [0.4, 0.5) is 22.0 Å². The highest BCUT2D eigenvalue weighted by Gasteiger charge is 2.14. The molecule has 0 aliphatic rings. The molecular weight excluding hydrogens is 443 g/mol. The highest BCUT2D eigenvalue weighted by atomic mass is 19.2. The molecule has 0 saturated heterocycles. The van der Waals surface area contributed by atoms with Crippen LogP contribution in [0.15, 0.2) is 60.7 Å². The van der Waals surface area contributed by atoms with Crippen molar-refractivity contribution in [2.24, 2.45) is 0 Å². The average Bonchev–Trinajstić information content (AvgIpc) is 2.82. The normalized spacial score (nSPS) is 11.4. The van der Waals surface area contributed by atoms with Crippen molar-refractivity contribution < 1.29 is 22.0 Å². The van der Waals surface area contributed by atoms with Gasteiger partial charge in [0.1, 0.15) is 11.6 Å². The molecule has 4 rings (SSSR count). The Labute approximate surface area is 196 Å². The van der Waals surface area contributed by atoms with Crippen molar-refractivity contribution in [3.05, 3.63) is 106 Å². The van der Waals surface area contributed by atoms with E-state index < -0.39 is 23.3 Å². The molecular formula is C29H25F5. The zero-order valence-electron chi connectivity index (χ0n) is 18.9. The first kappa shape index (κ1) is 23.9. The summed E-state index contributed by atoms with van der Waals surface area (Å²) in [4.78, 5) is 0. The van der Waals surface area contributed by atoms with Crippen molar-refractivity contribution in [1.29, 1.82) is 0 Å². The second-order valence-corrected chi connectivity index (χ2v) is 8.62. The highest BCUT2D eigenvalue weighted by molar-refractivity contribution is 5.88. The zero-order valence-corrected chi connectivity index (χ0v) is 18.9. The lowest BCUT2D eigenvalue weighted by atomic mass is 9.96. The van der Waals surface area contributed by atoms with E-state index in [1.54, 1.807) is 42.5 Å². The van der Waals surface area contributed by atoms with E-state index in [1.807, 2.05) is 6.07 Å². The van der Waals surface area contributed by atoms with Gasteiger partial charge in [-0.25, -0.2) is 22.0 Å². The maximum atomic E-state index is 15.1. The fourth-order valence-electron chi connectivity index (χ4n) is 4.26. The van der Waals surface area contributed by atoms with E-state index in [2.05, 4.69) is 6.92 Å². The Morgan fingerprint density at radius 2 is 1.32 bits per heavy atom. The first-order valence-electron chi connectivity index (χ1n) is 11.5. The fourth-order valence-corrected chi connectivity index (χ4v) is 4.26. The molecule has 4 aromatic carbocycles. The SMILES string of the molecule is CCCCCc1ccc(-c2ccc3c(F)c(CCc4cc(F)c(F)c(F)c4)ccc3c2)c(F)c1. The van der Waals surface area contributed by atoms with Crippen molar-refractivity contribution >= 4 is 10.8 Å². The summed E-state index contributed by atoms with van der Waals surface area (Å²) in [6, 6.07) is 15.5. The number of hydrogen-bond donors (Lipinski definition) is 0. The molecule has 34 heavy (non-hydrogen) atoms. The summed E-state index contributed by atoms with van der Waals surface area (Å²) in [6.07, 6.45) is 4.44. The van der Waals surface area contributed by atoms with Crippen LogP contribution in [0.25, 0.3) is 21.9 Å². The summed E-state index contributed by atoms with van der Waals surface area (Å²) in [6.45, 7) is 2.13. The average molecular weight is 469 g/mol. The van der Waals surface area contributed by atoms with Crippen LogP contribution in [-0.2, 0) is 19.3 Å². The fraction of sp³-hybridized carbons (Fsp3) is 0.241. The third-order valence-corrected chi connectivity index (χ3v) is 6.17. The standard InChI is InChI=1S/C29H25F5/c1-2-3-4-5-18-7-12-23(25(30)14-18)21-11-13-24-22(17-21)10-9-20(28(24)33)8-6-19-15-26(31)29(34)27(32)16-19/h7,9-17H,2-6,8H2,1H3. The van der Waals surface area contributed by atoms with E-state index in [4.69, 9.17) is 0 Å². The zero-order chi connectivity index (χ0) is 24.2. The molecule has 0 unspecified atom stereocenters. The lowest BCUT2D eigenvalue weighted by Crippen LogP contribution is -1.99. The molecule has 4 aromatic rings. The first-order valence-corrected chi connectivity index (χ1v) is 11.5. The second-order valence-electron chi connectivity index (χ2n) is 8.62. The van der Waals surface area contributed by atoms with Crippen LogP contribution >= 0.6 is 0 Å². The number of halogens is 5. The minimum absolute atomic E-state index is 0.157. The first-order chi connectivity index (χ1) is 16.4. The molecule has 0 nitrogen and oxygen atoms in total. The molecule has 5 heteroatoms. The van der Waals surface area contributed by atoms with E-state index in [9.17, 15) is 17.6 Å². The molecule has 0 heterocycles. The van der Waals surface area contributed by atoms with E-state index in [1.165, 1.54) is 0 Å². The largest absolute Gasteiger partial charge is 0.206 e. The van der Waals surface area contributed by atoms with Crippen LogP contribution in [0.5, 0.6) is 0 Å². The van der Waals surface area contributed by atoms with Gasteiger partial charge in [0, 0.05) is 10.9 Å². The van der Waals surface area contributed by atoms with E-state index in [0.29, 0.717) is 27.5 Å². The molecule has 0 radical (unpaired) electrons. The highest BCUT2D eigenvalue weighted by Crippen LogP contribution is 2.30. The Morgan fingerprint density at radius 1 is 0.588 bits per heavy atom. The van der Waals surface area contributed by atoms with E-state index in [0.717, 1.165) is 43.4 Å². The topological polar surface area (TPSA) is 0 Å².